The number of hydrogen-bond acceptors (Lipinski definition) is 4. The first kappa shape index (κ1) is 24.6. The van der Waals surface area contributed by atoms with E-state index in [1.165, 1.54) is 32.1 Å². The molecule has 7 heteroatoms. The molecule has 0 heterocycles. The fourth-order valence-corrected chi connectivity index (χ4v) is 9.63. The topological polar surface area (TPSA) is 80.7 Å². The third-order valence-electron chi connectivity index (χ3n) is 10.7. The fraction of sp³-hybridized carbons (Fsp3) is 0.960. The highest BCUT2D eigenvalue weighted by atomic mass is 32.3. The predicted octanol–water partition coefficient (Wildman–Crippen LogP) is 5.79. The van der Waals surface area contributed by atoms with Crippen molar-refractivity contribution in [2.24, 2.45) is 46.3 Å². The summed E-state index contributed by atoms with van der Waals surface area (Å²) < 4.78 is 49.1. The van der Waals surface area contributed by atoms with E-state index in [1.807, 2.05) is 0 Å². The number of alkyl halides is 1. The molecular weight excluding hydrogens is 431 g/mol. The minimum Gasteiger partial charge on any atom is -0.297 e. The summed E-state index contributed by atoms with van der Waals surface area (Å²) in [5.41, 5.74) is 0.536. The van der Waals surface area contributed by atoms with Gasteiger partial charge in [-0.15, -0.1) is 0 Å². The molecule has 0 spiro atoms. The van der Waals surface area contributed by atoms with Crippen LogP contribution in [-0.4, -0.2) is 31.5 Å². The van der Waals surface area contributed by atoms with Gasteiger partial charge in [-0.05, 0) is 111 Å². The summed E-state index contributed by atoms with van der Waals surface area (Å²) in [6.45, 7) is 6.35. The molecule has 4 aliphatic rings. The number of carbonyl (C=O) groups excluding carboxylic acids is 1. The summed E-state index contributed by atoms with van der Waals surface area (Å²) in [7, 11) is -4.39. The average Bonchev–Trinajstić information content (AvgIpc) is 3.08. The maximum absolute atomic E-state index is 12.6. The zero-order chi connectivity index (χ0) is 23.3. The van der Waals surface area contributed by atoms with Crippen molar-refractivity contribution in [2.45, 2.75) is 97.5 Å². The number of ketones is 1. The Balaban J connectivity index is 1.45. The van der Waals surface area contributed by atoms with Crippen LogP contribution < -0.4 is 0 Å². The van der Waals surface area contributed by atoms with Crippen LogP contribution in [-0.2, 0) is 19.4 Å². The first-order valence-electron chi connectivity index (χ1n) is 12.7. The van der Waals surface area contributed by atoms with E-state index in [0.717, 1.165) is 37.5 Å². The van der Waals surface area contributed by atoms with E-state index >= 15 is 0 Å². The van der Waals surface area contributed by atoms with E-state index in [2.05, 4.69) is 20.8 Å². The summed E-state index contributed by atoms with van der Waals surface area (Å²) in [5.74, 6) is 3.38. The second kappa shape index (κ2) is 8.92. The van der Waals surface area contributed by atoms with Crippen molar-refractivity contribution in [3.05, 3.63) is 0 Å². The Morgan fingerprint density at radius 2 is 1.75 bits per heavy atom. The first-order valence-corrected chi connectivity index (χ1v) is 14.1. The fourth-order valence-electron chi connectivity index (χ4n) is 9.11. The Morgan fingerprint density at radius 1 is 1.06 bits per heavy atom. The molecule has 4 fully saturated rings. The van der Waals surface area contributed by atoms with Crippen molar-refractivity contribution in [3.8, 4) is 0 Å². The van der Waals surface area contributed by atoms with E-state index in [1.54, 1.807) is 0 Å². The highest BCUT2D eigenvalue weighted by Gasteiger charge is 2.60. The van der Waals surface area contributed by atoms with Gasteiger partial charge in [0.15, 0.2) is 5.78 Å². The lowest BCUT2D eigenvalue weighted by Crippen LogP contribution is -2.54. The molecule has 9 unspecified atom stereocenters. The number of carbonyl (C=O) groups is 1. The molecule has 32 heavy (non-hydrogen) atoms. The van der Waals surface area contributed by atoms with Crippen molar-refractivity contribution in [2.75, 3.05) is 6.67 Å². The van der Waals surface area contributed by atoms with Gasteiger partial charge in [-0.25, -0.2) is 8.57 Å². The summed E-state index contributed by atoms with van der Waals surface area (Å²) in [4.78, 5) is 11.5. The maximum Gasteiger partial charge on any atom is 0.397 e. The molecule has 0 amide bonds. The van der Waals surface area contributed by atoms with Gasteiger partial charge in [-0.2, -0.15) is 8.42 Å². The van der Waals surface area contributed by atoms with Crippen LogP contribution in [0.4, 0.5) is 4.39 Å². The summed E-state index contributed by atoms with van der Waals surface area (Å²) in [6, 6.07) is 0. The van der Waals surface area contributed by atoms with Gasteiger partial charge in [-0.1, -0.05) is 20.8 Å². The molecule has 9 atom stereocenters. The number of halogens is 1. The molecule has 0 aromatic carbocycles. The zero-order valence-electron chi connectivity index (χ0n) is 19.9. The normalized spacial score (nSPS) is 44.9. The molecule has 5 nitrogen and oxygen atoms in total. The number of rotatable bonds is 7. The summed E-state index contributed by atoms with van der Waals surface area (Å²) >= 11 is 0. The minimum absolute atomic E-state index is 0.223. The van der Waals surface area contributed by atoms with Gasteiger partial charge in [0, 0.05) is 6.42 Å². The first-order chi connectivity index (χ1) is 15.0. The molecule has 0 radical (unpaired) electrons. The molecule has 4 saturated carbocycles. The third-order valence-corrected chi connectivity index (χ3v) is 11.2. The molecule has 1 N–H and O–H groups in total. The predicted molar refractivity (Wildman–Crippen MR) is 121 cm³/mol. The summed E-state index contributed by atoms with van der Waals surface area (Å²) in [6.07, 6.45) is 10.4. The Labute approximate surface area is 193 Å². The van der Waals surface area contributed by atoms with Gasteiger partial charge in [0.2, 0.25) is 0 Å². The van der Waals surface area contributed by atoms with E-state index in [-0.39, 0.29) is 11.2 Å². The van der Waals surface area contributed by atoms with E-state index in [9.17, 15) is 17.6 Å². The van der Waals surface area contributed by atoms with Gasteiger partial charge >= 0.3 is 10.4 Å². The lowest BCUT2D eigenvalue weighted by atomic mass is 9.44. The van der Waals surface area contributed by atoms with E-state index in [0.29, 0.717) is 41.9 Å². The van der Waals surface area contributed by atoms with Crippen LogP contribution in [0.15, 0.2) is 0 Å². The Bertz CT molecular complexity index is 815. The van der Waals surface area contributed by atoms with Crippen molar-refractivity contribution < 1.29 is 26.3 Å². The average molecular weight is 473 g/mol. The molecule has 0 saturated heterocycles. The van der Waals surface area contributed by atoms with E-state index < -0.39 is 23.2 Å². The Morgan fingerprint density at radius 3 is 2.44 bits per heavy atom. The molecule has 184 valence electrons. The van der Waals surface area contributed by atoms with Crippen LogP contribution in [0.5, 0.6) is 0 Å². The second-order valence-electron chi connectivity index (χ2n) is 12.0. The quantitative estimate of drug-likeness (QED) is 0.475. The maximum atomic E-state index is 12.6. The Hall–Kier alpha value is -0.530. The van der Waals surface area contributed by atoms with Crippen LogP contribution in [0, 0.1) is 46.3 Å². The van der Waals surface area contributed by atoms with E-state index in [4.69, 9.17) is 8.74 Å². The standard InChI is InChI=1S/C25H41FO5S/c1-16(4-6-18(27)15-26)21-8-9-22-20-7-5-17-14-19(31-32(28,29)30)10-12-24(17,2)23(20)11-13-25(21,22)3/h16-17,19-23H,4-15H2,1-3H3,(H,28,29,30). The SMILES string of the molecule is CC(CCC(=O)CF)C1CCC2C3CCC4CC(OS(=O)(=O)O)CCC4(C)C3CCC12C. The van der Waals surface area contributed by atoms with Crippen molar-refractivity contribution in [1.29, 1.82) is 0 Å². The van der Waals surface area contributed by atoms with Crippen LogP contribution in [0.2, 0.25) is 0 Å². The van der Waals surface area contributed by atoms with Gasteiger partial charge < -0.3 is 0 Å². The third kappa shape index (κ3) is 4.43. The lowest BCUT2D eigenvalue weighted by molar-refractivity contribution is -0.127. The van der Waals surface area contributed by atoms with Crippen molar-refractivity contribution in [3.63, 3.8) is 0 Å². The lowest BCUT2D eigenvalue weighted by Gasteiger charge is -2.61. The molecule has 0 aromatic heterocycles. The summed E-state index contributed by atoms with van der Waals surface area (Å²) in [5, 5.41) is 0. The molecule has 0 aromatic rings. The van der Waals surface area contributed by atoms with Crippen molar-refractivity contribution >= 4 is 16.2 Å². The second-order valence-corrected chi connectivity index (χ2v) is 13.0. The Kier molecular flexibility index (Phi) is 6.85. The van der Waals surface area contributed by atoms with Crippen LogP contribution in [0.25, 0.3) is 0 Å². The molecule has 0 bridgehead atoms. The van der Waals surface area contributed by atoms with Gasteiger partial charge in [0.1, 0.15) is 6.67 Å². The van der Waals surface area contributed by atoms with Gasteiger partial charge in [-0.3, -0.25) is 9.35 Å². The molecular formula is C25H41FO5S. The highest BCUT2D eigenvalue weighted by molar-refractivity contribution is 7.80. The number of hydrogen-bond donors (Lipinski definition) is 1. The van der Waals surface area contributed by atoms with Gasteiger partial charge in [0.25, 0.3) is 0 Å². The highest BCUT2D eigenvalue weighted by Crippen LogP contribution is 2.68. The van der Waals surface area contributed by atoms with Crippen LogP contribution in [0.3, 0.4) is 0 Å². The monoisotopic (exact) mass is 472 g/mol. The zero-order valence-corrected chi connectivity index (χ0v) is 20.7. The molecule has 0 aliphatic heterocycles. The molecule has 4 rings (SSSR count). The molecule has 4 aliphatic carbocycles. The van der Waals surface area contributed by atoms with Gasteiger partial charge in [0.05, 0.1) is 6.10 Å². The smallest absolute Gasteiger partial charge is 0.297 e. The largest absolute Gasteiger partial charge is 0.397 e. The van der Waals surface area contributed by atoms with Crippen LogP contribution >= 0.6 is 0 Å². The van der Waals surface area contributed by atoms with Crippen LogP contribution in [0.1, 0.15) is 91.4 Å². The number of Topliss-reactive ketones (excluding diaryl/α,β-unsaturated/α-hetero) is 1. The number of fused-ring (bicyclic) bond motifs is 5. The minimum atomic E-state index is -4.39. The van der Waals surface area contributed by atoms with Crippen molar-refractivity contribution in [1.82, 2.24) is 0 Å².